The predicted molar refractivity (Wildman–Crippen MR) is 107 cm³/mol. The Morgan fingerprint density at radius 2 is 1.50 bits per heavy atom. The first-order chi connectivity index (χ1) is 13.6. The summed E-state index contributed by atoms with van der Waals surface area (Å²) in [6, 6.07) is 22.1. The Hall–Kier alpha value is -3.47. The molecule has 0 heterocycles. The topological polar surface area (TPSA) is 65.0 Å². The molecule has 0 saturated carbocycles. The molecule has 3 aromatic rings. The highest BCUT2D eigenvalue weighted by atomic mass is 16.5. The first kappa shape index (κ1) is 19.3. The molecule has 144 valence electrons. The lowest BCUT2D eigenvalue weighted by Crippen LogP contribution is -2.14. The SMILES string of the molecule is COc1ccc(C(Cc2ccc(Oc3ccccc3)cc2)C(=O)O)cc1OC. The van der Waals surface area contributed by atoms with Gasteiger partial charge in [-0.1, -0.05) is 36.4 Å². The molecule has 0 amide bonds. The molecule has 5 nitrogen and oxygen atoms in total. The Kier molecular flexibility index (Phi) is 6.17. The Morgan fingerprint density at radius 3 is 2.11 bits per heavy atom. The molecular formula is C23H22O5. The van der Waals surface area contributed by atoms with E-state index in [2.05, 4.69) is 0 Å². The number of carboxylic acid groups (broad SMARTS) is 1. The molecule has 1 unspecified atom stereocenters. The molecule has 28 heavy (non-hydrogen) atoms. The second kappa shape index (κ2) is 8.95. The first-order valence-corrected chi connectivity index (χ1v) is 8.87. The number of para-hydroxylation sites is 1. The van der Waals surface area contributed by atoms with E-state index in [1.165, 1.54) is 7.11 Å². The van der Waals surface area contributed by atoms with Gasteiger partial charge >= 0.3 is 5.97 Å². The number of methoxy groups -OCH3 is 2. The predicted octanol–water partition coefficient (Wildman–Crippen LogP) is 4.91. The lowest BCUT2D eigenvalue weighted by molar-refractivity contribution is -0.138. The quantitative estimate of drug-likeness (QED) is 0.603. The summed E-state index contributed by atoms with van der Waals surface area (Å²) in [6.45, 7) is 0. The van der Waals surface area contributed by atoms with Crippen molar-refractivity contribution in [2.24, 2.45) is 0 Å². The van der Waals surface area contributed by atoms with Gasteiger partial charge in [0.1, 0.15) is 11.5 Å². The number of rotatable bonds is 8. The standard InChI is InChI=1S/C23H22O5/c1-26-21-13-10-17(15-22(21)27-2)20(23(24)25)14-16-8-11-19(12-9-16)28-18-6-4-3-5-7-18/h3-13,15,20H,14H2,1-2H3,(H,24,25). The average Bonchev–Trinajstić information content (AvgIpc) is 2.73. The van der Waals surface area contributed by atoms with Gasteiger partial charge in [-0.3, -0.25) is 4.79 Å². The van der Waals surface area contributed by atoms with Crippen LogP contribution in [0.25, 0.3) is 0 Å². The zero-order valence-electron chi connectivity index (χ0n) is 15.8. The van der Waals surface area contributed by atoms with Gasteiger partial charge in [-0.05, 0) is 53.9 Å². The van der Waals surface area contributed by atoms with Crippen molar-refractivity contribution in [2.45, 2.75) is 12.3 Å². The van der Waals surface area contributed by atoms with E-state index in [1.54, 1.807) is 25.3 Å². The summed E-state index contributed by atoms with van der Waals surface area (Å²) in [5.41, 5.74) is 1.57. The van der Waals surface area contributed by atoms with Crippen LogP contribution in [0.15, 0.2) is 72.8 Å². The number of carbonyl (C=O) groups is 1. The van der Waals surface area contributed by atoms with Crippen molar-refractivity contribution < 1.29 is 24.1 Å². The van der Waals surface area contributed by atoms with Crippen LogP contribution in [0.5, 0.6) is 23.0 Å². The Labute approximate surface area is 164 Å². The van der Waals surface area contributed by atoms with Crippen molar-refractivity contribution in [1.29, 1.82) is 0 Å². The third-order valence-corrected chi connectivity index (χ3v) is 4.45. The maximum absolute atomic E-state index is 11.9. The van der Waals surface area contributed by atoms with E-state index < -0.39 is 11.9 Å². The molecule has 0 aliphatic carbocycles. The molecule has 0 aromatic heterocycles. The van der Waals surface area contributed by atoms with Crippen LogP contribution in [0, 0.1) is 0 Å². The summed E-state index contributed by atoms with van der Waals surface area (Å²) < 4.78 is 16.3. The molecular weight excluding hydrogens is 356 g/mol. The van der Waals surface area contributed by atoms with Crippen molar-refractivity contribution in [2.75, 3.05) is 14.2 Å². The fourth-order valence-corrected chi connectivity index (χ4v) is 2.97. The first-order valence-electron chi connectivity index (χ1n) is 8.87. The van der Waals surface area contributed by atoms with Gasteiger partial charge in [0, 0.05) is 0 Å². The van der Waals surface area contributed by atoms with E-state index >= 15 is 0 Å². The highest BCUT2D eigenvalue weighted by molar-refractivity contribution is 5.77. The Balaban J connectivity index is 1.77. The molecule has 0 aliphatic heterocycles. The van der Waals surface area contributed by atoms with E-state index in [0.717, 1.165) is 11.3 Å². The molecule has 0 fully saturated rings. The number of benzene rings is 3. The minimum atomic E-state index is -0.892. The van der Waals surface area contributed by atoms with Crippen LogP contribution >= 0.6 is 0 Å². The molecule has 3 rings (SSSR count). The summed E-state index contributed by atoms with van der Waals surface area (Å²) >= 11 is 0. The summed E-state index contributed by atoms with van der Waals surface area (Å²) in [4.78, 5) is 11.9. The molecule has 5 heteroatoms. The second-order valence-electron chi connectivity index (χ2n) is 6.27. The minimum Gasteiger partial charge on any atom is -0.493 e. The fourth-order valence-electron chi connectivity index (χ4n) is 2.97. The van der Waals surface area contributed by atoms with Gasteiger partial charge in [-0.15, -0.1) is 0 Å². The average molecular weight is 378 g/mol. The van der Waals surface area contributed by atoms with Crippen LogP contribution in [0.1, 0.15) is 17.0 Å². The number of hydrogen-bond acceptors (Lipinski definition) is 4. The monoisotopic (exact) mass is 378 g/mol. The van der Waals surface area contributed by atoms with Gasteiger partial charge in [0.25, 0.3) is 0 Å². The van der Waals surface area contributed by atoms with Crippen LogP contribution in [-0.2, 0) is 11.2 Å². The molecule has 0 bridgehead atoms. The molecule has 0 saturated heterocycles. The smallest absolute Gasteiger partial charge is 0.311 e. The molecule has 1 N–H and O–H groups in total. The number of aliphatic carboxylic acids is 1. The highest BCUT2D eigenvalue weighted by Gasteiger charge is 2.22. The Morgan fingerprint density at radius 1 is 0.857 bits per heavy atom. The van der Waals surface area contributed by atoms with Crippen molar-refractivity contribution >= 4 is 5.97 Å². The van der Waals surface area contributed by atoms with E-state index in [1.807, 2.05) is 54.6 Å². The van der Waals surface area contributed by atoms with Crippen LogP contribution in [0.3, 0.4) is 0 Å². The third-order valence-electron chi connectivity index (χ3n) is 4.45. The number of hydrogen-bond donors (Lipinski definition) is 1. The second-order valence-corrected chi connectivity index (χ2v) is 6.27. The molecule has 0 radical (unpaired) electrons. The van der Waals surface area contributed by atoms with Crippen LogP contribution in [0.2, 0.25) is 0 Å². The van der Waals surface area contributed by atoms with Gasteiger partial charge < -0.3 is 19.3 Å². The molecule has 0 spiro atoms. The number of carboxylic acids is 1. The van der Waals surface area contributed by atoms with E-state index in [4.69, 9.17) is 14.2 Å². The molecule has 1 atom stereocenters. The van der Waals surface area contributed by atoms with Gasteiger partial charge in [-0.2, -0.15) is 0 Å². The summed E-state index contributed by atoms with van der Waals surface area (Å²) in [6.07, 6.45) is 0.358. The molecule has 0 aliphatic rings. The van der Waals surface area contributed by atoms with Gasteiger partial charge in [0.05, 0.1) is 20.1 Å². The fraction of sp³-hybridized carbons (Fsp3) is 0.174. The summed E-state index contributed by atoms with van der Waals surface area (Å²) in [7, 11) is 3.08. The summed E-state index contributed by atoms with van der Waals surface area (Å²) in [5.74, 6) is 0.949. The van der Waals surface area contributed by atoms with E-state index in [-0.39, 0.29) is 0 Å². The van der Waals surface area contributed by atoms with Crippen molar-refractivity contribution in [3.8, 4) is 23.0 Å². The van der Waals surface area contributed by atoms with Crippen molar-refractivity contribution in [1.82, 2.24) is 0 Å². The van der Waals surface area contributed by atoms with E-state index in [9.17, 15) is 9.90 Å². The van der Waals surface area contributed by atoms with Crippen molar-refractivity contribution in [3.05, 3.63) is 83.9 Å². The van der Waals surface area contributed by atoms with Gasteiger partial charge in [0.2, 0.25) is 0 Å². The lowest BCUT2D eigenvalue weighted by Gasteiger charge is -2.16. The molecule has 3 aromatic carbocycles. The van der Waals surface area contributed by atoms with Crippen LogP contribution < -0.4 is 14.2 Å². The maximum Gasteiger partial charge on any atom is 0.311 e. The minimum absolute atomic E-state index is 0.358. The van der Waals surface area contributed by atoms with Crippen LogP contribution in [0.4, 0.5) is 0 Å². The van der Waals surface area contributed by atoms with Gasteiger partial charge in [-0.25, -0.2) is 0 Å². The van der Waals surface area contributed by atoms with E-state index in [0.29, 0.717) is 29.2 Å². The zero-order chi connectivity index (χ0) is 19.9. The van der Waals surface area contributed by atoms with Crippen LogP contribution in [-0.4, -0.2) is 25.3 Å². The lowest BCUT2D eigenvalue weighted by atomic mass is 9.91. The normalized spacial score (nSPS) is 11.5. The third kappa shape index (κ3) is 4.62. The summed E-state index contributed by atoms with van der Waals surface area (Å²) in [5, 5.41) is 9.73. The zero-order valence-corrected chi connectivity index (χ0v) is 15.8. The Bertz CT molecular complexity index is 919. The van der Waals surface area contributed by atoms with Gasteiger partial charge in [0.15, 0.2) is 11.5 Å². The highest BCUT2D eigenvalue weighted by Crippen LogP contribution is 2.32. The largest absolute Gasteiger partial charge is 0.493 e. The number of ether oxygens (including phenoxy) is 3. The van der Waals surface area contributed by atoms with Crippen molar-refractivity contribution in [3.63, 3.8) is 0 Å². The maximum atomic E-state index is 11.9.